The monoisotopic (exact) mass is 290 g/mol. The van der Waals surface area contributed by atoms with Crippen LogP contribution in [0.2, 0.25) is 0 Å². The maximum absolute atomic E-state index is 11.9. The number of piperidine rings is 1. The van der Waals surface area contributed by atoms with Crippen LogP contribution in [-0.2, 0) is 11.2 Å². The lowest BCUT2D eigenvalue weighted by atomic mass is 10.1. The zero-order chi connectivity index (χ0) is 15.1. The average molecular weight is 290 g/mol. The zero-order valence-electron chi connectivity index (χ0n) is 13.1. The Bertz CT molecular complexity index is 439. The summed E-state index contributed by atoms with van der Waals surface area (Å²) in [6.45, 7) is 7.12. The first-order valence-electron chi connectivity index (χ1n) is 7.96. The molecule has 1 heterocycles. The summed E-state index contributed by atoms with van der Waals surface area (Å²) >= 11 is 0. The Hall–Kier alpha value is -1.55. The second kappa shape index (κ2) is 8.03. The minimum Gasteiger partial charge on any atom is -0.445 e. The van der Waals surface area contributed by atoms with E-state index >= 15 is 0 Å². The predicted molar refractivity (Wildman–Crippen MR) is 85.7 cm³/mol. The highest BCUT2D eigenvalue weighted by atomic mass is 16.6. The van der Waals surface area contributed by atoms with Gasteiger partial charge in [0.2, 0.25) is 0 Å². The van der Waals surface area contributed by atoms with E-state index in [1.807, 2.05) is 31.2 Å². The fourth-order valence-electron chi connectivity index (χ4n) is 2.70. The molecule has 2 rings (SSSR count). The second-order valence-corrected chi connectivity index (χ2v) is 5.75. The molecule has 4 nitrogen and oxygen atoms in total. The molecule has 1 aliphatic rings. The molecule has 1 N–H and O–H groups in total. The van der Waals surface area contributed by atoms with Gasteiger partial charge >= 0.3 is 6.09 Å². The van der Waals surface area contributed by atoms with E-state index in [2.05, 4.69) is 17.1 Å². The van der Waals surface area contributed by atoms with E-state index < -0.39 is 0 Å². The number of nitrogens with zero attached hydrogens (tertiary/aromatic N) is 1. The number of rotatable bonds is 5. The number of aryl methyl sites for hydroxylation is 1. The lowest BCUT2D eigenvalue weighted by Gasteiger charge is -2.28. The second-order valence-electron chi connectivity index (χ2n) is 5.75. The third kappa shape index (κ3) is 5.38. The molecule has 1 saturated heterocycles. The number of hydrogen-bond acceptors (Lipinski definition) is 3. The predicted octanol–water partition coefficient (Wildman–Crippen LogP) is 3.67. The minimum absolute atomic E-state index is 0.0852. The topological polar surface area (TPSA) is 41.6 Å². The van der Waals surface area contributed by atoms with E-state index in [-0.39, 0.29) is 12.2 Å². The minimum atomic E-state index is -0.372. The zero-order valence-corrected chi connectivity index (χ0v) is 13.1. The van der Waals surface area contributed by atoms with Gasteiger partial charge in [-0.05, 0) is 57.0 Å². The Morgan fingerprint density at radius 2 is 1.90 bits per heavy atom. The van der Waals surface area contributed by atoms with Gasteiger partial charge in [0.15, 0.2) is 0 Å². The number of anilines is 1. The van der Waals surface area contributed by atoms with Gasteiger partial charge in [0.05, 0.1) is 0 Å². The van der Waals surface area contributed by atoms with E-state index in [4.69, 9.17) is 4.74 Å². The van der Waals surface area contributed by atoms with Crippen LogP contribution in [0, 0.1) is 0 Å². The summed E-state index contributed by atoms with van der Waals surface area (Å²) in [6.07, 6.45) is 4.37. The summed E-state index contributed by atoms with van der Waals surface area (Å²) < 4.78 is 5.42. The molecular formula is C17H26N2O2. The van der Waals surface area contributed by atoms with Crippen LogP contribution in [0.4, 0.5) is 10.5 Å². The Balaban J connectivity index is 1.74. The number of benzene rings is 1. The number of hydrogen-bond donors (Lipinski definition) is 1. The van der Waals surface area contributed by atoms with E-state index in [0.29, 0.717) is 0 Å². The van der Waals surface area contributed by atoms with Crippen molar-refractivity contribution in [2.75, 3.05) is 25.0 Å². The van der Waals surface area contributed by atoms with Crippen molar-refractivity contribution >= 4 is 11.8 Å². The molecule has 0 aromatic heterocycles. The summed E-state index contributed by atoms with van der Waals surface area (Å²) in [5, 5.41) is 2.78. The van der Waals surface area contributed by atoms with Gasteiger partial charge in [-0.1, -0.05) is 25.5 Å². The quantitative estimate of drug-likeness (QED) is 0.899. The van der Waals surface area contributed by atoms with Gasteiger partial charge in [-0.25, -0.2) is 4.79 Å². The third-order valence-corrected chi connectivity index (χ3v) is 3.88. The standard InChI is InChI=1S/C17H26N2O2/c1-3-15-7-9-16(10-8-15)18-17(20)21-14(2)13-19-11-5-4-6-12-19/h7-10,14H,3-6,11-13H2,1-2H3,(H,18,20)/t14-/m0/s1. The SMILES string of the molecule is CCc1ccc(NC(=O)O[C@@H](C)CN2CCCCC2)cc1. The molecule has 0 aliphatic carbocycles. The summed E-state index contributed by atoms with van der Waals surface area (Å²) in [6, 6.07) is 7.87. The van der Waals surface area contributed by atoms with Crippen LogP contribution in [0.3, 0.4) is 0 Å². The number of ether oxygens (including phenoxy) is 1. The van der Waals surface area contributed by atoms with Gasteiger partial charge in [-0.15, -0.1) is 0 Å². The average Bonchev–Trinajstić information content (AvgIpc) is 2.48. The Kier molecular flexibility index (Phi) is 6.05. The van der Waals surface area contributed by atoms with Gasteiger partial charge in [0, 0.05) is 12.2 Å². The molecule has 0 bridgehead atoms. The van der Waals surface area contributed by atoms with Crippen LogP contribution in [0.25, 0.3) is 0 Å². The van der Waals surface area contributed by atoms with E-state index in [0.717, 1.165) is 31.7 Å². The number of amides is 1. The van der Waals surface area contributed by atoms with Gasteiger partial charge in [0.1, 0.15) is 6.10 Å². The molecule has 1 amide bonds. The van der Waals surface area contributed by atoms with Gasteiger partial charge in [0.25, 0.3) is 0 Å². The van der Waals surface area contributed by atoms with Crippen LogP contribution in [0.1, 0.15) is 38.7 Å². The van der Waals surface area contributed by atoms with Crippen LogP contribution in [0.15, 0.2) is 24.3 Å². The largest absolute Gasteiger partial charge is 0.445 e. The molecule has 1 atom stereocenters. The highest BCUT2D eigenvalue weighted by Gasteiger charge is 2.16. The first-order valence-corrected chi connectivity index (χ1v) is 7.96. The normalized spacial score (nSPS) is 17.2. The highest BCUT2D eigenvalue weighted by molar-refractivity contribution is 5.84. The van der Waals surface area contributed by atoms with Crippen molar-refractivity contribution in [3.05, 3.63) is 29.8 Å². The van der Waals surface area contributed by atoms with Crippen molar-refractivity contribution in [2.45, 2.75) is 45.6 Å². The van der Waals surface area contributed by atoms with Crippen molar-refractivity contribution in [2.24, 2.45) is 0 Å². The first-order chi connectivity index (χ1) is 10.2. The molecule has 1 aromatic carbocycles. The lowest BCUT2D eigenvalue weighted by Crippen LogP contribution is -2.37. The number of nitrogens with one attached hydrogen (secondary N) is 1. The van der Waals surface area contributed by atoms with E-state index in [1.54, 1.807) is 0 Å². The van der Waals surface area contributed by atoms with E-state index in [9.17, 15) is 4.79 Å². The number of carbonyl (C=O) groups is 1. The number of carbonyl (C=O) groups excluding carboxylic acids is 1. The summed E-state index contributed by atoms with van der Waals surface area (Å²) in [7, 11) is 0. The van der Waals surface area contributed by atoms with Crippen LogP contribution >= 0.6 is 0 Å². The molecule has 0 radical (unpaired) electrons. The smallest absolute Gasteiger partial charge is 0.411 e. The van der Waals surface area contributed by atoms with Crippen LogP contribution in [-0.4, -0.2) is 36.7 Å². The van der Waals surface area contributed by atoms with Crippen molar-refractivity contribution in [3.8, 4) is 0 Å². The lowest BCUT2D eigenvalue weighted by molar-refractivity contribution is 0.0833. The van der Waals surface area contributed by atoms with E-state index in [1.165, 1.54) is 24.8 Å². The fourth-order valence-corrected chi connectivity index (χ4v) is 2.70. The Morgan fingerprint density at radius 1 is 1.24 bits per heavy atom. The number of likely N-dealkylation sites (tertiary alicyclic amines) is 1. The summed E-state index contributed by atoms with van der Waals surface area (Å²) in [4.78, 5) is 14.2. The molecule has 21 heavy (non-hydrogen) atoms. The Labute approximate surface area is 127 Å². The molecule has 116 valence electrons. The first kappa shape index (κ1) is 15.8. The van der Waals surface area contributed by atoms with Crippen molar-refractivity contribution < 1.29 is 9.53 Å². The summed E-state index contributed by atoms with van der Waals surface area (Å²) in [5.41, 5.74) is 2.04. The maximum atomic E-state index is 11.9. The molecule has 0 unspecified atom stereocenters. The van der Waals surface area contributed by atoms with Crippen LogP contribution < -0.4 is 5.32 Å². The molecule has 0 saturated carbocycles. The van der Waals surface area contributed by atoms with Crippen LogP contribution in [0.5, 0.6) is 0 Å². The van der Waals surface area contributed by atoms with Gasteiger partial charge in [-0.3, -0.25) is 10.2 Å². The molecule has 1 aromatic rings. The Morgan fingerprint density at radius 3 is 2.52 bits per heavy atom. The van der Waals surface area contributed by atoms with Crippen molar-refractivity contribution in [3.63, 3.8) is 0 Å². The van der Waals surface area contributed by atoms with Gasteiger partial charge in [-0.2, -0.15) is 0 Å². The van der Waals surface area contributed by atoms with Gasteiger partial charge < -0.3 is 4.74 Å². The molecule has 1 aliphatic heterocycles. The van der Waals surface area contributed by atoms with Crippen molar-refractivity contribution in [1.29, 1.82) is 0 Å². The van der Waals surface area contributed by atoms with Crippen molar-refractivity contribution in [1.82, 2.24) is 4.90 Å². The molecule has 0 spiro atoms. The maximum Gasteiger partial charge on any atom is 0.411 e. The summed E-state index contributed by atoms with van der Waals surface area (Å²) in [5.74, 6) is 0. The fraction of sp³-hybridized carbons (Fsp3) is 0.588. The molecular weight excluding hydrogens is 264 g/mol. The highest BCUT2D eigenvalue weighted by Crippen LogP contribution is 2.12. The molecule has 4 heteroatoms. The molecule has 1 fully saturated rings. The third-order valence-electron chi connectivity index (χ3n) is 3.88.